The molecule has 1 aromatic carbocycles. The Hall–Kier alpha value is -1.88. The Morgan fingerprint density at radius 2 is 1.95 bits per heavy atom. The van der Waals surface area contributed by atoms with E-state index in [-0.39, 0.29) is 24.9 Å². The Morgan fingerprint density at radius 1 is 1.15 bits per heavy atom. The zero-order chi connectivity index (χ0) is 13.9. The highest BCUT2D eigenvalue weighted by atomic mass is 16.2. The van der Waals surface area contributed by atoms with E-state index >= 15 is 0 Å². The summed E-state index contributed by atoms with van der Waals surface area (Å²) in [5.74, 6) is 0.389. The standard InChI is InChI=1S/C15H19N3O2/c19-14-10-18(15(20)9-17-14)13-5-3-11(4-6-13)12-2-1-7-16-8-12/h3-6,12,16H,1-2,7-10H2,(H,17,19). The summed E-state index contributed by atoms with van der Waals surface area (Å²) in [6.07, 6.45) is 2.41. The number of piperazine rings is 1. The fraction of sp³-hybridized carbons (Fsp3) is 0.467. The average molecular weight is 273 g/mol. The van der Waals surface area contributed by atoms with Crippen LogP contribution < -0.4 is 15.5 Å². The van der Waals surface area contributed by atoms with Crippen LogP contribution in [-0.4, -0.2) is 38.0 Å². The molecule has 0 spiro atoms. The second-order valence-corrected chi connectivity index (χ2v) is 5.39. The molecule has 0 radical (unpaired) electrons. The summed E-state index contributed by atoms with van der Waals surface area (Å²) >= 11 is 0. The van der Waals surface area contributed by atoms with Crippen molar-refractivity contribution in [1.82, 2.24) is 10.6 Å². The number of amides is 2. The molecule has 1 aromatic rings. The van der Waals surface area contributed by atoms with Crippen molar-refractivity contribution in [3.63, 3.8) is 0 Å². The third kappa shape index (κ3) is 2.67. The van der Waals surface area contributed by atoms with Crippen molar-refractivity contribution in [2.24, 2.45) is 0 Å². The normalized spacial score (nSPS) is 23.6. The molecule has 2 fully saturated rings. The molecule has 106 valence electrons. The van der Waals surface area contributed by atoms with Gasteiger partial charge in [0.05, 0.1) is 6.54 Å². The number of nitrogens with zero attached hydrogens (tertiary/aromatic N) is 1. The first-order chi connectivity index (χ1) is 9.74. The predicted molar refractivity (Wildman–Crippen MR) is 76.6 cm³/mol. The molecular formula is C15H19N3O2. The van der Waals surface area contributed by atoms with Gasteiger partial charge in [-0.2, -0.15) is 0 Å². The summed E-state index contributed by atoms with van der Waals surface area (Å²) in [5, 5.41) is 5.96. The summed E-state index contributed by atoms with van der Waals surface area (Å²) in [6, 6.07) is 8.04. The summed E-state index contributed by atoms with van der Waals surface area (Å²) in [7, 11) is 0. The third-order valence-electron chi connectivity index (χ3n) is 4.01. The van der Waals surface area contributed by atoms with Crippen molar-refractivity contribution in [2.45, 2.75) is 18.8 Å². The van der Waals surface area contributed by atoms with Gasteiger partial charge in [-0.1, -0.05) is 12.1 Å². The average Bonchev–Trinajstić information content (AvgIpc) is 2.51. The van der Waals surface area contributed by atoms with Gasteiger partial charge in [-0.3, -0.25) is 9.59 Å². The minimum atomic E-state index is -0.106. The van der Waals surface area contributed by atoms with Crippen molar-refractivity contribution < 1.29 is 9.59 Å². The summed E-state index contributed by atoms with van der Waals surface area (Å²) in [6.45, 7) is 2.33. The van der Waals surface area contributed by atoms with Crippen molar-refractivity contribution in [3.05, 3.63) is 29.8 Å². The molecule has 1 atom stereocenters. The lowest BCUT2D eigenvalue weighted by Crippen LogP contribution is -2.51. The van der Waals surface area contributed by atoms with Gasteiger partial charge in [0.15, 0.2) is 0 Å². The molecule has 0 bridgehead atoms. The number of nitrogens with one attached hydrogen (secondary N) is 2. The maximum absolute atomic E-state index is 11.8. The molecule has 0 aromatic heterocycles. The molecule has 0 saturated carbocycles. The van der Waals surface area contributed by atoms with E-state index in [2.05, 4.69) is 22.8 Å². The van der Waals surface area contributed by atoms with Crippen molar-refractivity contribution in [2.75, 3.05) is 31.1 Å². The van der Waals surface area contributed by atoms with E-state index in [1.165, 1.54) is 18.4 Å². The molecule has 20 heavy (non-hydrogen) atoms. The number of rotatable bonds is 2. The topological polar surface area (TPSA) is 61.4 Å². The largest absolute Gasteiger partial charge is 0.345 e. The Kier molecular flexibility index (Phi) is 3.69. The van der Waals surface area contributed by atoms with Gasteiger partial charge in [0.2, 0.25) is 11.8 Å². The summed E-state index contributed by atoms with van der Waals surface area (Å²) in [5.41, 5.74) is 2.10. The van der Waals surface area contributed by atoms with Gasteiger partial charge in [-0.25, -0.2) is 0 Å². The number of piperidine rings is 1. The molecule has 2 amide bonds. The van der Waals surface area contributed by atoms with Crippen LogP contribution in [0.25, 0.3) is 0 Å². The van der Waals surface area contributed by atoms with Gasteiger partial charge in [0.25, 0.3) is 0 Å². The van der Waals surface area contributed by atoms with Gasteiger partial charge in [0, 0.05) is 12.2 Å². The second-order valence-electron chi connectivity index (χ2n) is 5.39. The third-order valence-corrected chi connectivity index (χ3v) is 4.01. The zero-order valence-corrected chi connectivity index (χ0v) is 11.4. The first kappa shape index (κ1) is 13.1. The molecule has 2 aliphatic rings. The fourth-order valence-corrected chi connectivity index (χ4v) is 2.86. The Labute approximate surface area is 118 Å². The Morgan fingerprint density at radius 3 is 2.65 bits per heavy atom. The number of carbonyl (C=O) groups excluding carboxylic acids is 2. The maximum atomic E-state index is 11.8. The van der Waals surface area contributed by atoms with Crippen LogP contribution in [0.1, 0.15) is 24.3 Å². The van der Waals surface area contributed by atoms with E-state index in [0.29, 0.717) is 5.92 Å². The van der Waals surface area contributed by atoms with Crippen LogP contribution in [0.4, 0.5) is 5.69 Å². The lowest BCUT2D eigenvalue weighted by Gasteiger charge is -2.27. The van der Waals surface area contributed by atoms with Crippen LogP contribution in [0.15, 0.2) is 24.3 Å². The molecule has 5 nitrogen and oxygen atoms in total. The van der Waals surface area contributed by atoms with E-state index in [0.717, 1.165) is 18.8 Å². The van der Waals surface area contributed by atoms with Crippen LogP contribution in [0.2, 0.25) is 0 Å². The highest BCUT2D eigenvalue weighted by molar-refractivity contribution is 6.04. The van der Waals surface area contributed by atoms with Gasteiger partial charge in [-0.05, 0) is 43.0 Å². The van der Waals surface area contributed by atoms with Crippen LogP contribution in [0.3, 0.4) is 0 Å². The Balaban J connectivity index is 1.74. The second kappa shape index (κ2) is 5.63. The first-order valence-corrected chi connectivity index (χ1v) is 7.12. The monoisotopic (exact) mass is 273 g/mol. The molecule has 5 heteroatoms. The van der Waals surface area contributed by atoms with Gasteiger partial charge < -0.3 is 15.5 Å². The van der Waals surface area contributed by atoms with Crippen LogP contribution in [-0.2, 0) is 9.59 Å². The number of carbonyl (C=O) groups is 2. The molecule has 3 rings (SSSR count). The van der Waals surface area contributed by atoms with E-state index in [9.17, 15) is 9.59 Å². The molecule has 2 heterocycles. The first-order valence-electron chi connectivity index (χ1n) is 7.12. The highest BCUT2D eigenvalue weighted by Crippen LogP contribution is 2.25. The minimum absolute atomic E-state index is 0.0586. The number of hydrogen-bond acceptors (Lipinski definition) is 3. The van der Waals surface area contributed by atoms with Crippen LogP contribution in [0.5, 0.6) is 0 Å². The quantitative estimate of drug-likeness (QED) is 0.830. The zero-order valence-electron chi connectivity index (χ0n) is 11.4. The molecular weight excluding hydrogens is 254 g/mol. The van der Waals surface area contributed by atoms with E-state index in [4.69, 9.17) is 0 Å². The fourth-order valence-electron chi connectivity index (χ4n) is 2.86. The highest BCUT2D eigenvalue weighted by Gasteiger charge is 2.24. The lowest BCUT2D eigenvalue weighted by atomic mass is 9.91. The van der Waals surface area contributed by atoms with Gasteiger partial charge in [0.1, 0.15) is 6.54 Å². The van der Waals surface area contributed by atoms with Gasteiger partial charge >= 0.3 is 0 Å². The Bertz CT molecular complexity index is 506. The number of hydrogen-bond donors (Lipinski definition) is 2. The van der Waals surface area contributed by atoms with Crippen LogP contribution >= 0.6 is 0 Å². The van der Waals surface area contributed by atoms with E-state index in [1.54, 1.807) is 4.90 Å². The molecule has 0 aliphatic carbocycles. The number of anilines is 1. The summed E-state index contributed by atoms with van der Waals surface area (Å²) in [4.78, 5) is 24.8. The smallest absolute Gasteiger partial charge is 0.246 e. The maximum Gasteiger partial charge on any atom is 0.246 e. The van der Waals surface area contributed by atoms with Gasteiger partial charge in [-0.15, -0.1) is 0 Å². The SMILES string of the molecule is O=C1CN(c2ccc(C3CCCNC3)cc2)C(=O)CN1. The summed E-state index contributed by atoms with van der Waals surface area (Å²) < 4.78 is 0. The lowest BCUT2D eigenvalue weighted by molar-refractivity contribution is -0.128. The van der Waals surface area contributed by atoms with E-state index < -0.39 is 0 Å². The molecule has 2 aliphatic heterocycles. The van der Waals surface area contributed by atoms with Crippen molar-refractivity contribution in [3.8, 4) is 0 Å². The molecule has 2 saturated heterocycles. The number of benzene rings is 1. The van der Waals surface area contributed by atoms with Crippen LogP contribution in [0, 0.1) is 0 Å². The van der Waals surface area contributed by atoms with Crippen molar-refractivity contribution in [1.29, 1.82) is 0 Å². The molecule has 1 unspecified atom stereocenters. The van der Waals surface area contributed by atoms with E-state index in [1.807, 2.05) is 12.1 Å². The van der Waals surface area contributed by atoms with Crippen molar-refractivity contribution >= 4 is 17.5 Å². The molecule has 2 N–H and O–H groups in total. The minimum Gasteiger partial charge on any atom is -0.345 e. The predicted octanol–water partition coefficient (Wildman–Crippen LogP) is 0.616.